The molecule has 0 aliphatic carbocycles. The second kappa shape index (κ2) is 5.77. The molecule has 0 radical (unpaired) electrons. The Kier molecular flexibility index (Phi) is 5.38. The summed E-state index contributed by atoms with van der Waals surface area (Å²) in [4.78, 5) is 11.7. The number of amides is 1. The minimum absolute atomic E-state index is 0.168. The zero-order chi connectivity index (χ0) is 12.1. The van der Waals surface area contributed by atoms with E-state index in [1.165, 1.54) is 0 Å². The van der Waals surface area contributed by atoms with Gasteiger partial charge in [-0.1, -0.05) is 40.0 Å². The molecule has 0 aromatic heterocycles. The van der Waals surface area contributed by atoms with E-state index < -0.39 is 6.04 Å². The predicted molar refractivity (Wildman–Crippen MR) is 63.1 cm³/mol. The van der Waals surface area contributed by atoms with Gasteiger partial charge in [0, 0.05) is 0 Å². The van der Waals surface area contributed by atoms with Crippen molar-refractivity contribution < 1.29 is 4.79 Å². The zero-order valence-electron chi connectivity index (χ0n) is 10.1. The van der Waals surface area contributed by atoms with E-state index in [1.807, 2.05) is 27.7 Å². The molecule has 0 aromatic rings. The molecular weight excluding hydrogens is 188 g/mol. The molecule has 15 heavy (non-hydrogen) atoms. The highest BCUT2D eigenvalue weighted by Gasteiger charge is 2.28. The highest BCUT2D eigenvalue weighted by Crippen LogP contribution is 2.17. The zero-order valence-corrected chi connectivity index (χ0v) is 10.1. The van der Waals surface area contributed by atoms with Crippen LogP contribution < -0.4 is 11.1 Å². The number of terminal acetylenes is 1. The average Bonchev–Trinajstić information content (AvgIpc) is 2.14. The summed E-state index contributed by atoms with van der Waals surface area (Å²) in [6.07, 6.45) is 7.05. The van der Waals surface area contributed by atoms with Crippen molar-refractivity contribution in [3.63, 3.8) is 0 Å². The summed E-state index contributed by atoms with van der Waals surface area (Å²) in [5.41, 5.74) is 5.57. The van der Waals surface area contributed by atoms with E-state index in [9.17, 15) is 4.79 Å². The molecule has 3 nitrogen and oxygen atoms in total. The van der Waals surface area contributed by atoms with Crippen LogP contribution in [0.15, 0.2) is 0 Å². The van der Waals surface area contributed by atoms with Crippen LogP contribution in [0.4, 0.5) is 0 Å². The van der Waals surface area contributed by atoms with Crippen LogP contribution in [-0.2, 0) is 4.79 Å². The molecule has 0 aromatic carbocycles. The van der Waals surface area contributed by atoms with Crippen molar-refractivity contribution in [2.75, 3.05) is 0 Å². The second-order valence-electron chi connectivity index (χ2n) is 4.86. The van der Waals surface area contributed by atoms with Gasteiger partial charge in [0.15, 0.2) is 0 Å². The minimum Gasteiger partial charge on any atom is -0.341 e. The van der Waals surface area contributed by atoms with Crippen molar-refractivity contribution >= 4 is 5.91 Å². The van der Waals surface area contributed by atoms with E-state index in [0.717, 1.165) is 12.8 Å². The average molecular weight is 210 g/mol. The first-order valence-corrected chi connectivity index (χ1v) is 5.35. The Morgan fingerprint density at radius 1 is 1.53 bits per heavy atom. The third-order valence-corrected chi connectivity index (χ3v) is 2.31. The van der Waals surface area contributed by atoms with Crippen LogP contribution in [0.5, 0.6) is 0 Å². The lowest BCUT2D eigenvalue weighted by Crippen LogP contribution is -2.51. The van der Waals surface area contributed by atoms with Crippen molar-refractivity contribution in [3.05, 3.63) is 0 Å². The lowest BCUT2D eigenvalue weighted by molar-refractivity contribution is -0.124. The first kappa shape index (κ1) is 14.0. The number of rotatable bonds is 4. The van der Waals surface area contributed by atoms with Gasteiger partial charge >= 0.3 is 0 Å². The molecule has 0 saturated heterocycles. The van der Waals surface area contributed by atoms with Crippen molar-refractivity contribution in [1.82, 2.24) is 5.32 Å². The maximum absolute atomic E-state index is 11.7. The van der Waals surface area contributed by atoms with Crippen LogP contribution in [0.3, 0.4) is 0 Å². The van der Waals surface area contributed by atoms with E-state index in [4.69, 9.17) is 12.2 Å². The Balaban J connectivity index is 4.30. The monoisotopic (exact) mass is 210 g/mol. The summed E-state index contributed by atoms with van der Waals surface area (Å²) in [5, 5.41) is 2.77. The van der Waals surface area contributed by atoms with E-state index in [-0.39, 0.29) is 17.4 Å². The van der Waals surface area contributed by atoms with E-state index in [0.29, 0.717) is 0 Å². The van der Waals surface area contributed by atoms with Crippen LogP contribution >= 0.6 is 0 Å². The van der Waals surface area contributed by atoms with Crippen molar-refractivity contribution in [1.29, 1.82) is 0 Å². The molecule has 86 valence electrons. The van der Waals surface area contributed by atoms with Gasteiger partial charge < -0.3 is 11.1 Å². The lowest BCUT2D eigenvalue weighted by Gasteiger charge is -2.27. The van der Waals surface area contributed by atoms with Crippen LogP contribution in [0.2, 0.25) is 0 Å². The number of nitrogens with one attached hydrogen (secondary N) is 1. The summed E-state index contributed by atoms with van der Waals surface area (Å²) in [6, 6.07) is -0.721. The third-order valence-electron chi connectivity index (χ3n) is 2.31. The smallest absolute Gasteiger partial charge is 0.238 e. The van der Waals surface area contributed by atoms with Gasteiger partial charge in [-0.15, -0.1) is 6.42 Å². The fourth-order valence-electron chi connectivity index (χ4n) is 1.14. The van der Waals surface area contributed by atoms with Gasteiger partial charge in [0.25, 0.3) is 0 Å². The highest BCUT2D eigenvalue weighted by molar-refractivity contribution is 5.82. The van der Waals surface area contributed by atoms with Crippen molar-refractivity contribution in [2.45, 2.75) is 52.6 Å². The Hall–Kier alpha value is -1.01. The highest BCUT2D eigenvalue weighted by atomic mass is 16.2. The molecule has 0 aliphatic rings. The van der Waals surface area contributed by atoms with Crippen LogP contribution in [-0.4, -0.2) is 18.0 Å². The Labute approximate surface area is 92.8 Å². The van der Waals surface area contributed by atoms with Crippen LogP contribution in [0.1, 0.15) is 40.5 Å². The minimum atomic E-state index is -0.523. The molecule has 0 fully saturated rings. The van der Waals surface area contributed by atoms with Gasteiger partial charge in [0.05, 0.1) is 12.1 Å². The third kappa shape index (κ3) is 4.85. The summed E-state index contributed by atoms with van der Waals surface area (Å²) >= 11 is 0. The van der Waals surface area contributed by atoms with Crippen molar-refractivity contribution in [3.8, 4) is 12.3 Å². The molecular formula is C12H22N2O. The van der Waals surface area contributed by atoms with E-state index in [1.54, 1.807) is 0 Å². The standard InChI is InChI=1S/C12H22N2O/c1-6-8-9(7-2)14-11(15)10(13)12(3,4)5/h2,9-10H,6,8,13H2,1,3-5H3,(H,14,15). The van der Waals surface area contributed by atoms with E-state index in [2.05, 4.69) is 11.2 Å². The van der Waals surface area contributed by atoms with Gasteiger partial charge in [-0.2, -0.15) is 0 Å². The number of hydrogen-bond donors (Lipinski definition) is 2. The van der Waals surface area contributed by atoms with E-state index >= 15 is 0 Å². The van der Waals surface area contributed by atoms with Gasteiger partial charge in [0.1, 0.15) is 0 Å². The molecule has 0 aliphatic heterocycles. The number of nitrogens with two attached hydrogens (primary N) is 1. The lowest BCUT2D eigenvalue weighted by atomic mass is 9.87. The van der Waals surface area contributed by atoms with Crippen LogP contribution in [0, 0.1) is 17.8 Å². The SMILES string of the molecule is C#CC(CCC)NC(=O)C(N)C(C)(C)C. The summed E-state index contributed by atoms with van der Waals surface area (Å²) in [5.74, 6) is 2.39. The molecule has 0 heterocycles. The largest absolute Gasteiger partial charge is 0.341 e. The maximum atomic E-state index is 11.7. The maximum Gasteiger partial charge on any atom is 0.238 e. The molecule has 2 unspecified atom stereocenters. The quantitative estimate of drug-likeness (QED) is 0.687. The normalized spacial score (nSPS) is 15.2. The van der Waals surface area contributed by atoms with Gasteiger partial charge in [-0.05, 0) is 11.8 Å². The molecule has 3 heteroatoms. The predicted octanol–water partition coefficient (Wildman–Crippen LogP) is 1.28. The first-order chi connectivity index (χ1) is 6.82. The Bertz CT molecular complexity index is 247. The molecule has 2 atom stereocenters. The van der Waals surface area contributed by atoms with Gasteiger partial charge in [-0.25, -0.2) is 0 Å². The molecule has 0 bridgehead atoms. The molecule has 0 spiro atoms. The van der Waals surface area contributed by atoms with Gasteiger partial charge in [-0.3, -0.25) is 4.79 Å². The Morgan fingerprint density at radius 3 is 2.40 bits per heavy atom. The molecule has 3 N–H and O–H groups in total. The molecule has 0 saturated carbocycles. The summed E-state index contributed by atoms with van der Waals surface area (Å²) < 4.78 is 0. The first-order valence-electron chi connectivity index (χ1n) is 5.35. The number of hydrogen-bond acceptors (Lipinski definition) is 2. The Morgan fingerprint density at radius 2 is 2.07 bits per heavy atom. The molecule has 1 amide bonds. The van der Waals surface area contributed by atoms with Crippen molar-refractivity contribution in [2.24, 2.45) is 11.1 Å². The topological polar surface area (TPSA) is 55.1 Å². The number of carbonyl (C=O) groups excluding carboxylic acids is 1. The fourth-order valence-corrected chi connectivity index (χ4v) is 1.14. The van der Waals surface area contributed by atoms with Gasteiger partial charge in [0.2, 0.25) is 5.91 Å². The number of carbonyl (C=O) groups is 1. The second-order valence-corrected chi connectivity index (χ2v) is 4.86. The fraction of sp³-hybridized carbons (Fsp3) is 0.750. The summed E-state index contributed by atoms with van der Waals surface area (Å²) in [6.45, 7) is 7.83. The molecule has 0 rings (SSSR count). The summed E-state index contributed by atoms with van der Waals surface area (Å²) in [7, 11) is 0. The van der Waals surface area contributed by atoms with Crippen LogP contribution in [0.25, 0.3) is 0 Å².